The molecule has 0 aliphatic rings. The second kappa shape index (κ2) is 5.98. The van der Waals surface area contributed by atoms with E-state index < -0.39 is 10.8 Å². The van der Waals surface area contributed by atoms with E-state index in [1.807, 2.05) is 19.9 Å². The number of aryl methyl sites for hydroxylation is 1. The summed E-state index contributed by atoms with van der Waals surface area (Å²) in [6, 6.07) is 2.06. The molecule has 2 atom stereocenters. The van der Waals surface area contributed by atoms with Crippen LogP contribution in [0.25, 0.3) is 0 Å². The number of hydrogen-bond acceptors (Lipinski definition) is 3. The molecule has 2 N–H and O–H groups in total. The Morgan fingerprint density at radius 3 is 2.87 bits per heavy atom. The molecule has 1 rings (SSSR count). The van der Waals surface area contributed by atoms with Crippen molar-refractivity contribution in [2.24, 2.45) is 5.73 Å². The molecule has 0 saturated heterocycles. The van der Waals surface area contributed by atoms with E-state index in [0.29, 0.717) is 11.5 Å². The topological polar surface area (TPSA) is 56.0 Å². The molecule has 0 aromatic carbocycles. The zero-order chi connectivity index (χ0) is 11.3. The molecule has 15 heavy (non-hydrogen) atoms. The average molecular weight is 226 g/mol. The zero-order valence-corrected chi connectivity index (χ0v) is 10.1. The van der Waals surface area contributed by atoms with Gasteiger partial charge in [0.1, 0.15) is 0 Å². The van der Waals surface area contributed by atoms with E-state index in [9.17, 15) is 4.21 Å². The highest BCUT2D eigenvalue weighted by molar-refractivity contribution is 7.84. The van der Waals surface area contributed by atoms with Crippen molar-refractivity contribution in [3.05, 3.63) is 29.6 Å². The van der Waals surface area contributed by atoms with Crippen LogP contribution in [0.1, 0.15) is 24.5 Å². The summed E-state index contributed by atoms with van der Waals surface area (Å²) in [4.78, 5) is 4.07. The van der Waals surface area contributed by atoms with Crippen LogP contribution in [0.2, 0.25) is 0 Å². The Balaban J connectivity index is 2.51. The third kappa shape index (κ3) is 4.53. The largest absolute Gasteiger partial charge is 0.327 e. The lowest BCUT2D eigenvalue weighted by Crippen LogP contribution is -2.26. The monoisotopic (exact) mass is 226 g/mol. The fourth-order valence-corrected chi connectivity index (χ4v) is 2.66. The second-order valence-electron chi connectivity index (χ2n) is 3.79. The highest BCUT2D eigenvalue weighted by Crippen LogP contribution is 2.05. The van der Waals surface area contributed by atoms with E-state index in [-0.39, 0.29) is 6.04 Å². The van der Waals surface area contributed by atoms with Crippen LogP contribution in [0.4, 0.5) is 0 Å². The quantitative estimate of drug-likeness (QED) is 0.825. The molecule has 0 amide bonds. The van der Waals surface area contributed by atoms with Crippen LogP contribution in [0.5, 0.6) is 0 Å². The summed E-state index contributed by atoms with van der Waals surface area (Å²) < 4.78 is 11.7. The van der Waals surface area contributed by atoms with Gasteiger partial charge >= 0.3 is 0 Å². The van der Waals surface area contributed by atoms with E-state index in [2.05, 4.69) is 4.98 Å². The van der Waals surface area contributed by atoms with Crippen molar-refractivity contribution < 1.29 is 4.21 Å². The molecule has 84 valence electrons. The molecule has 3 nitrogen and oxygen atoms in total. The molecule has 2 unspecified atom stereocenters. The van der Waals surface area contributed by atoms with E-state index in [0.717, 1.165) is 17.5 Å². The maximum atomic E-state index is 11.7. The lowest BCUT2D eigenvalue weighted by atomic mass is 10.2. The van der Waals surface area contributed by atoms with Gasteiger partial charge in [-0.1, -0.05) is 13.0 Å². The smallest absolute Gasteiger partial charge is 0.0501 e. The first kappa shape index (κ1) is 12.3. The normalized spacial score (nSPS) is 14.9. The summed E-state index contributed by atoms with van der Waals surface area (Å²) >= 11 is 0. The number of nitrogens with two attached hydrogens (primary N) is 1. The van der Waals surface area contributed by atoms with Crippen LogP contribution < -0.4 is 5.73 Å². The van der Waals surface area contributed by atoms with Gasteiger partial charge in [-0.3, -0.25) is 9.19 Å². The van der Waals surface area contributed by atoms with Gasteiger partial charge in [-0.15, -0.1) is 0 Å². The molecule has 0 aliphatic heterocycles. The predicted molar refractivity (Wildman–Crippen MR) is 64.0 cm³/mol. The minimum absolute atomic E-state index is 0.0450. The predicted octanol–water partition coefficient (Wildman–Crippen LogP) is 1.38. The van der Waals surface area contributed by atoms with Crippen molar-refractivity contribution in [1.29, 1.82) is 0 Å². The first-order chi connectivity index (χ1) is 7.11. The van der Waals surface area contributed by atoms with Crippen molar-refractivity contribution in [2.45, 2.75) is 32.1 Å². The van der Waals surface area contributed by atoms with Crippen LogP contribution in [-0.4, -0.2) is 21.0 Å². The summed E-state index contributed by atoms with van der Waals surface area (Å²) in [5, 5.41) is 0. The minimum atomic E-state index is -0.874. The van der Waals surface area contributed by atoms with Gasteiger partial charge in [-0.2, -0.15) is 0 Å². The second-order valence-corrected chi connectivity index (χ2v) is 5.29. The molecular formula is C11H18N2OS. The van der Waals surface area contributed by atoms with Crippen LogP contribution in [-0.2, 0) is 16.6 Å². The molecule has 0 spiro atoms. The zero-order valence-electron chi connectivity index (χ0n) is 9.27. The van der Waals surface area contributed by atoms with Gasteiger partial charge < -0.3 is 5.73 Å². The number of pyridine rings is 1. The van der Waals surface area contributed by atoms with E-state index in [1.165, 1.54) is 0 Å². The van der Waals surface area contributed by atoms with Crippen molar-refractivity contribution >= 4 is 10.8 Å². The van der Waals surface area contributed by atoms with Gasteiger partial charge in [0, 0.05) is 35.0 Å². The highest BCUT2D eigenvalue weighted by atomic mass is 32.2. The Kier molecular flexibility index (Phi) is 4.91. The Morgan fingerprint density at radius 1 is 1.53 bits per heavy atom. The van der Waals surface area contributed by atoms with E-state index in [4.69, 9.17) is 5.73 Å². The summed E-state index contributed by atoms with van der Waals surface area (Å²) in [7, 11) is -0.874. The maximum Gasteiger partial charge on any atom is 0.0501 e. The molecule has 0 radical (unpaired) electrons. The maximum absolute atomic E-state index is 11.7. The Labute approximate surface area is 93.6 Å². The van der Waals surface area contributed by atoms with Gasteiger partial charge in [-0.25, -0.2) is 0 Å². The van der Waals surface area contributed by atoms with Gasteiger partial charge in [-0.05, 0) is 24.5 Å². The Hall–Kier alpha value is -0.740. The van der Waals surface area contributed by atoms with Crippen molar-refractivity contribution in [1.82, 2.24) is 4.98 Å². The number of hydrogen-bond donors (Lipinski definition) is 1. The van der Waals surface area contributed by atoms with Gasteiger partial charge in [0.2, 0.25) is 0 Å². The van der Waals surface area contributed by atoms with Crippen LogP contribution in [0, 0.1) is 6.92 Å². The molecule has 1 aromatic heterocycles. The lowest BCUT2D eigenvalue weighted by molar-refractivity contribution is 0.663. The van der Waals surface area contributed by atoms with Crippen molar-refractivity contribution in [3.63, 3.8) is 0 Å². The van der Waals surface area contributed by atoms with Gasteiger partial charge in [0.25, 0.3) is 0 Å². The molecule has 4 heteroatoms. The Morgan fingerprint density at radius 2 is 2.27 bits per heavy atom. The molecule has 0 saturated carbocycles. The fraction of sp³-hybridized carbons (Fsp3) is 0.545. The minimum Gasteiger partial charge on any atom is -0.327 e. The summed E-state index contributed by atoms with van der Waals surface area (Å²) in [5.41, 5.74) is 7.87. The number of nitrogens with zero attached hydrogens (tertiary/aromatic N) is 1. The molecular weight excluding hydrogens is 208 g/mol. The van der Waals surface area contributed by atoms with Crippen LogP contribution in [0.3, 0.4) is 0 Å². The molecule has 0 aliphatic carbocycles. The summed E-state index contributed by atoms with van der Waals surface area (Å²) in [5.74, 6) is 1.13. The standard InChI is InChI=1S/C11H18N2OS/c1-3-11(12)8-15(14)7-10-4-9(2)5-13-6-10/h4-6,11H,3,7-8,12H2,1-2H3. The van der Waals surface area contributed by atoms with Gasteiger partial charge in [0.05, 0.1) is 5.75 Å². The third-order valence-corrected chi connectivity index (χ3v) is 3.64. The van der Waals surface area contributed by atoms with Crippen LogP contribution in [0.15, 0.2) is 18.5 Å². The van der Waals surface area contributed by atoms with Crippen molar-refractivity contribution in [3.8, 4) is 0 Å². The van der Waals surface area contributed by atoms with E-state index >= 15 is 0 Å². The number of rotatable bonds is 5. The van der Waals surface area contributed by atoms with Gasteiger partial charge in [0.15, 0.2) is 0 Å². The fourth-order valence-electron chi connectivity index (χ4n) is 1.30. The first-order valence-corrected chi connectivity index (χ1v) is 6.61. The number of aromatic nitrogens is 1. The van der Waals surface area contributed by atoms with Crippen LogP contribution >= 0.6 is 0 Å². The molecule has 1 aromatic rings. The summed E-state index contributed by atoms with van der Waals surface area (Å²) in [6.45, 7) is 3.99. The molecule has 0 fully saturated rings. The summed E-state index contributed by atoms with van der Waals surface area (Å²) in [6.07, 6.45) is 4.43. The Bertz CT molecular complexity index is 341. The third-order valence-electron chi connectivity index (χ3n) is 2.18. The average Bonchev–Trinajstić information content (AvgIpc) is 2.17. The van der Waals surface area contributed by atoms with E-state index in [1.54, 1.807) is 12.4 Å². The molecule has 0 bridgehead atoms. The SMILES string of the molecule is CCC(N)CS(=O)Cc1cncc(C)c1. The first-order valence-electron chi connectivity index (χ1n) is 5.13. The molecule has 1 heterocycles. The van der Waals surface area contributed by atoms with Crippen molar-refractivity contribution in [2.75, 3.05) is 5.75 Å². The highest BCUT2D eigenvalue weighted by Gasteiger charge is 2.07. The lowest BCUT2D eigenvalue weighted by Gasteiger charge is -2.08.